The number of phenols is 2. The summed E-state index contributed by atoms with van der Waals surface area (Å²) in [5, 5.41) is 19.2. The third-order valence-electron chi connectivity index (χ3n) is 3.24. The van der Waals surface area contributed by atoms with Crippen molar-refractivity contribution in [1.29, 1.82) is 0 Å². The molecule has 19 heavy (non-hydrogen) atoms. The lowest BCUT2D eigenvalue weighted by molar-refractivity contribution is 0.0892. The molecule has 0 fully saturated rings. The molecule has 0 saturated carbocycles. The molecule has 4 heteroatoms. The van der Waals surface area contributed by atoms with Crippen molar-refractivity contribution in [2.75, 3.05) is 6.61 Å². The fourth-order valence-electron chi connectivity index (χ4n) is 2.30. The number of carbonyl (C=O) groups excluding carboxylic acids is 1. The Labute approximate surface area is 109 Å². The van der Waals surface area contributed by atoms with Crippen LogP contribution < -0.4 is 4.74 Å². The highest BCUT2D eigenvalue weighted by Crippen LogP contribution is 2.39. The molecule has 0 bridgehead atoms. The number of phenolic OH excluding ortho intramolecular Hbond substituents is 2. The van der Waals surface area contributed by atoms with E-state index in [1.807, 2.05) is 30.3 Å². The monoisotopic (exact) mass is 256 g/mol. The van der Waals surface area contributed by atoms with Crippen LogP contribution in [0.3, 0.4) is 0 Å². The van der Waals surface area contributed by atoms with Crippen LogP contribution in [0.1, 0.15) is 21.8 Å². The topological polar surface area (TPSA) is 66.8 Å². The summed E-state index contributed by atoms with van der Waals surface area (Å²) in [7, 11) is 0. The van der Waals surface area contributed by atoms with E-state index in [4.69, 9.17) is 4.74 Å². The minimum Gasteiger partial charge on any atom is -0.508 e. The van der Waals surface area contributed by atoms with Crippen LogP contribution in [-0.2, 0) is 0 Å². The fourth-order valence-corrected chi connectivity index (χ4v) is 2.30. The number of aromatic hydroxyl groups is 2. The van der Waals surface area contributed by atoms with Crippen LogP contribution in [0.4, 0.5) is 0 Å². The van der Waals surface area contributed by atoms with E-state index in [-0.39, 0.29) is 35.2 Å². The van der Waals surface area contributed by atoms with E-state index in [1.165, 1.54) is 6.07 Å². The van der Waals surface area contributed by atoms with Gasteiger partial charge in [0.2, 0.25) is 0 Å². The average Bonchev–Trinajstić information content (AvgIpc) is 2.39. The van der Waals surface area contributed by atoms with Gasteiger partial charge in [-0.15, -0.1) is 0 Å². The number of carbonyl (C=O) groups is 1. The Kier molecular flexibility index (Phi) is 2.63. The quantitative estimate of drug-likeness (QED) is 0.822. The molecule has 0 saturated heterocycles. The first kappa shape index (κ1) is 11.6. The minimum absolute atomic E-state index is 0.123. The molecular formula is C15H12O4. The smallest absolute Gasteiger partial charge is 0.181 e. The van der Waals surface area contributed by atoms with Gasteiger partial charge in [-0.25, -0.2) is 0 Å². The molecule has 1 heterocycles. The molecule has 0 radical (unpaired) electrons. The molecule has 4 nitrogen and oxygen atoms in total. The van der Waals surface area contributed by atoms with E-state index in [2.05, 4.69) is 0 Å². The van der Waals surface area contributed by atoms with Crippen LogP contribution in [0, 0.1) is 0 Å². The van der Waals surface area contributed by atoms with Crippen molar-refractivity contribution < 1.29 is 19.7 Å². The lowest BCUT2D eigenvalue weighted by atomic mass is 9.88. The van der Waals surface area contributed by atoms with Crippen molar-refractivity contribution in [3.8, 4) is 17.2 Å². The largest absolute Gasteiger partial charge is 0.508 e. The second-order valence-corrected chi connectivity index (χ2v) is 4.48. The first-order chi connectivity index (χ1) is 9.16. The maximum atomic E-state index is 12.4. The van der Waals surface area contributed by atoms with Gasteiger partial charge in [0.05, 0.1) is 5.92 Å². The molecule has 1 atom stereocenters. The van der Waals surface area contributed by atoms with Crippen molar-refractivity contribution in [3.05, 3.63) is 53.6 Å². The number of fused-ring (bicyclic) bond motifs is 1. The van der Waals surface area contributed by atoms with E-state index < -0.39 is 5.92 Å². The summed E-state index contributed by atoms with van der Waals surface area (Å²) in [4.78, 5) is 12.4. The Morgan fingerprint density at radius 1 is 1.11 bits per heavy atom. The average molecular weight is 256 g/mol. The summed E-state index contributed by atoms with van der Waals surface area (Å²) in [5.41, 5.74) is 0.989. The molecule has 96 valence electrons. The highest BCUT2D eigenvalue weighted by molar-refractivity contribution is 6.06. The fraction of sp³-hybridized carbons (Fsp3) is 0.133. The van der Waals surface area contributed by atoms with Crippen LogP contribution in [-0.4, -0.2) is 22.6 Å². The van der Waals surface area contributed by atoms with E-state index in [0.29, 0.717) is 0 Å². The van der Waals surface area contributed by atoms with Gasteiger partial charge in [0.1, 0.15) is 29.4 Å². The zero-order valence-corrected chi connectivity index (χ0v) is 10.0. The molecular weight excluding hydrogens is 244 g/mol. The molecule has 2 aromatic carbocycles. The SMILES string of the molecule is O=C1c2c(O)cc(O)cc2OC[C@@H]1c1ccccc1. The predicted octanol–water partition coefficient (Wildman–Crippen LogP) is 2.46. The highest BCUT2D eigenvalue weighted by Gasteiger charge is 2.32. The van der Waals surface area contributed by atoms with Gasteiger partial charge in [-0.3, -0.25) is 4.79 Å². The Morgan fingerprint density at radius 2 is 1.84 bits per heavy atom. The maximum absolute atomic E-state index is 12.4. The van der Waals surface area contributed by atoms with Gasteiger partial charge in [-0.2, -0.15) is 0 Å². The Morgan fingerprint density at radius 3 is 2.58 bits per heavy atom. The third kappa shape index (κ3) is 1.91. The zero-order chi connectivity index (χ0) is 13.4. The normalized spacial score (nSPS) is 17.7. The summed E-state index contributed by atoms with van der Waals surface area (Å²) in [6, 6.07) is 11.8. The summed E-state index contributed by atoms with van der Waals surface area (Å²) in [6.07, 6.45) is 0. The molecule has 1 aliphatic rings. The van der Waals surface area contributed by atoms with E-state index in [9.17, 15) is 15.0 Å². The molecule has 2 N–H and O–H groups in total. The van der Waals surface area contributed by atoms with Crippen LogP contribution >= 0.6 is 0 Å². The number of rotatable bonds is 1. The molecule has 0 aromatic heterocycles. The van der Waals surface area contributed by atoms with Gasteiger partial charge in [0.15, 0.2) is 5.78 Å². The van der Waals surface area contributed by atoms with Gasteiger partial charge < -0.3 is 14.9 Å². The van der Waals surface area contributed by atoms with E-state index in [1.54, 1.807) is 0 Å². The molecule has 0 aliphatic carbocycles. The number of hydrogen-bond acceptors (Lipinski definition) is 4. The molecule has 0 unspecified atom stereocenters. The third-order valence-corrected chi connectivity index (χ3v) is 3.24. The summed E-state index contributed by atoms with van der Waals surface area (Å²) >= 11 is 0. The Bertz CT molecular complexity index is 634. The van der Waals surface area contributed by atoms with Crippen molar-refractivity contribution in [2.24, 2.45) is 0 Å². The Balaban J connectivity index is 2.06. The van der Waals surface area contributed by atoms with Crippen molar-refractivity contribution in [3.63, 3.8) is 0 Å². The zero-order valence-electron chi connectivity index (χ0n) is 10.0. The number of benzene rings is 2. The number of ether oxygens (including phenoxy) is 1. The summed E-state index contributed by atoms with van der Waals surface area (Å²) in [5.74, 6) is -0.758. The lowest BCUT2D eigenvalue weighted by Crippen LogP contribution is -2.26. The molecule has 2 aromatic rings. The lowest BCUT2D eigenvalue weighted by Gasteiger charge is -2.25. The molecule has 0 amide bonds. The van der Waals surface area contributed by atoms with Gasteiger partial charge in [0.25, 0.3) is 0 Å². The number of ketones is 1. The second kappa shape index (κ2) is 4.31. The van der Waals surface area contributed by atoms with Crippen LogP contribution in [0.2, 0.25) is 0 Å². The van der Waals surface area contributed by atoms with Crippen molar-refractivity contribution in [2.45, 2.75) is 5.92 Å². The maximum Gasteiger partial charge on any atom is 0.181 e. The van der Waals surface area contributed by atoms with E-state index in [0.717, 1.165) is 11.6 Å². The van der Waals surface area contributed by atoms with Gasteiger partial charge >= 0.3 is 0 Å². The number of Topliss-reactive ketones (excluding diaryl/α,β-unsaturated/α-hetero) is 1. The van der Waals surface area contributed by atoms with Gasteiger partial charge in [0, 0.05) is 12.1 Å². The Hall–Kier alpha value is -2.49. The molecule has 0 spiro atoms. The van der Waals surface area contributed by atoms with Crippen LogP contribution in [0.15, 0.2) is 42.5 Å². The van der Waals surface area contributed by atoms with Crippen LogP contribution in [0.25, 0.3) is 0 Å². The molecule has 3 rings (SSSR count). The summed E-state index contributed by atoms with van der Waals surface area (Å²) < 4.78 is 5.48. The number of hydrogen-bond donors (Lipinski definition) is 2. The first-order valence-corrected chi connectivity index (χ1v) is 5.95. The second-order valence-electron chi connectivity index (χ2n) is 4.48. The summed E-state index contributed by atoms with van der Waals surface area (Å²) in [6.45, 7) is 0.207. The van der Waals surface area contributed by atoms with Gasteiger partial charge in [-0.05, 0) is 5.56 Å². The predicted molar refractivity (Wildman–Crippen MR) is 68.8 cm³/mol. The highest BCUT2D eigenvalue weighted by atomic mass is 16.5. The first-order valence-electron chi connectivity index (χ1n) is 5.95. The standard InChI is InChI=1S/C15H12O4/c16-10-6-12(17)14-13(7-10)19-8-11(15(14)18)9-4-2-1-3-5-9/h1-7,11,16-17H,8H2/t11-/m1/s1. The molecule has 1 aliphatic heterocycles. The van der Waals surface area contributed by atoms with Crippen LogP contribution in [0.5, 0.6) is 17.2 Å². The van der Waals surface area contributed by atoms with Crippen molar-refractivity contribution in [1.82, 2.24) is 0 Å². The van der Waals surface area contributed by atoms with Gasteiger partial charge in [-0.1, -0.05) is 30.3 Å². The van der Waals surface area contributed by atoms with Crippen molar-refractivity contribution >= 4 is 5.78 Å². The van der Waals surface area contributed by atoms with E-state index >= 15 is 0 Å². The minimum atomic E-state index is -0.427.